The van der Waals surface area contributed by atoms with E-state index in [1.807, 2.05) is 107 Å². The predicted octanol–water partition coefficient (Wildman–Crippen LogP) is 10.6. The summed E-state index contributed by atoms with van der Waals surface area (Å²) in [6.45, 7) is 13.4. The zero-order valence-electron chi connectivity index (χ0n) is 43.2. The summed E-state index contributed by atoms with van der Waals surface area (Å²) in [5.41, 5.74) is 7.86. The number of hydrogen-bond acceptors (Lipinski definition) is 14. The number of benzene rings is 4. The number of esters is 1. The molecule has 4 aromatic carbocycles. The molecular weight excluding hydrogens is 965 g/mol. The second-order valence-corrected chi connectivity index (χ2v) is 22.6. The van der Waals surface area contributed by atoms with E-state index >= 15 is 0 Å². The molecule has 1 unspecified atom stereocenters. The summed E-state index contributed by atoms with van der Waals surface area (Å²) in [5, 5.41) is 6.05. The van der Waals surface area contributed by atoms with Crippen LogP contribution in [0.3, 0.4) is 0 Å². The number of hydrogen-bond donors (Lipinski definition) is 2. The molecule has 2 saturated heterocycles. The van der Waals surface area contributed by atoms with Crippen LogP contribution >= 0.6 is 11.3 Å². The van der Waals surface area contributed by atoms with E-state index in [-0.39, 0.29) is 35.4 Å². The Labute approximate surface area is 441 Å². The van der Waals surface area contributed by atoms with Gasteiger partial charge in [-0.05, 0) is 174 Å². The fraction of sp³-hybridized carbons (Fsp3) is 0.407. The van der Waals surface area contributed by atoms with Crippen molar-refractivity contribution in [1.82, 2.24) is 25.2 Å². The van der Waals surface area contributed by atoms with Crippen molar-refractivity contribution in [1.29, 1.82) is 0 Å². The number of anilines is 3. The number of carbonyl (C=O) groups is 4. The SMILES string of the molecule is Cc1cc(OC2CCC(CCCN3CCN(c4nc5cc(C6CCC(=O)NC6=O)ccc5o4)CC3)CC2)ccc1-c1ccc(N2CCc3cccc(C(=O)Nc4nc5ccccc5s4)c3C2)nc1C(=O)OC(C)(C)C. The zero-order valence-corrected chi connectivity index (χ0v) is 44.0. The van der Waals surface area contributed by atoms with Gasteiger partial charge in [-0.15, -0.1) is 0 Å². The highest BCUT2D eigenvalue weighted by molar-refractivity contribution is 7.22. The van der Waals surface area contributed by atoms with Gasteiger partial charge in [0.2, 0.25) is 11.8 Å². The second kappa shape index (κ2) is 21.2. The lowest BCUT2D eigenvalue weighted by molar-refractivity contribution is -0.134. The maximum atomic E-state index is 14.0. The number of fused-ring (bicyclic) bond motifs is 3. The van der Waals surface area contributed by atoms with Crippen LogP contribution in [0.2, 0.25) is 0 Å². The topological polar surface area (TPSA) is 172 Å². The van der Waals surface area contributed by atoms with Gasteiger partial charge in [-0.3, -0.25) is 29.9 Å². The van der Waals surface area contributed by atoms with Gasteiger partial charge in [-0.25, -0.2) is 14.8 Å². The number of oxazole rings is 1. The molecule has 0 radical (unpaired) electrons. The van der Waals surface area contributed by atoms with Crippen molar-refractivity contribution in [2.75, 3.05) is 54.4 Å². The van der Waals surface area contributed by atoms with Crippen molar-refractivity contribution >= 4 is 73.3 Å². The first-order chi connectivity index (χ1) is 36.3. The highest BCUT2D eigenvalue weighted by atomic mass is 32.1. The lowest BCUT2D eigenvalue weighted by atomic mass is 9.84. The maximum absolute atomic E-state index is 14.0. The molecule has 11 rings (SSSR count). The van der Waals surface area contributed by atoms with E-state index < -0.39 is 11.6 Å². The Hall–Kier alpha value is -7.17. The molecule has 75 heavy (non-hydrogen) atoms. The molecular formula is C59H64N8O7S. The Kier molecular flexibility index (Phi) is 14.1. The lowest BCUT2D eigenvalue weighted by Gasteiger charge is -2.34. The van der Waals surface area contributed by atoms with E-state index in [0.29, 0.717) is 65.5 Å². The average Bonchev–Trinajstić information content (AvgIpc) is 4.03. The summed E-state index contributed by atoms with van der Waals surface area (Å²) in [6.07, 6.45) is 8.45. The first-order valence-electron chi connectivity index (χ1n) is 26.5. The van der Waals surface area contributed by atoms with E-state index in [2.05, 4.69) is 42.5 Å². The Morgan fingerprint density at radius 2 is 1.63 bits per heavy atom. The molecule has 7 aromatic rings. The van der Waals surface area contributed by atoms with Crippen LogP contribution in [0.4, 0.5) is 17.0 Å². The predicted molar refractivity (Wildman–Crippen MR) is 292 cm³/mol. The van der Waals surface area contributed by atoms with E-state index in [4.69, 9.17) is 23.9 Å². The van der Waals surface area contributed by atoms with Crippen LogP contribution in [0.5, 0.6) is 5.75 Å². The van der Waals surface area contributed by atoms with E-state index in [1.165, 1.54) is 24.2 Å². The highest BCUT2D eigenvalue weighted by Crippen LogP contribution is 2.37. The number of nitrogens with one attached hydrogen (secondary N) is 2. The van der Waals surface area contributed by atoms with Crippen molar-refractivity contribution in [3.63, 3.8) is 0 Å². The molecule has 0 bridgehead atoms. The number of aromatic nitrogens is 3. The standard InChI is InChI=1S/C59H64N8O7S/c1-36-33-41(72-40-17-14-37(15-18-40)9-8-27-65-29-31-66(32-30-65)58-61-48-34-39(16-23-49(48)73-58)43-22-25-52(68)63-54(43)69)19-20-42(36)44-21-24-51(62-53(44)56(71)74-59(2,3)4)67-28-26-38-10-7-11-45(46(38)35-67)55(70)64-57-60-47-12-5-6-13-50(47)75-57/h5-7,10-13,16,19-21,23-24,33-34,37,40,43H,8-9,14-15,17-18,22,25-32,35H2,1-4H3,(H,60,64,70)(H,63,68,69). The van der Waals surface area contributed by atoms with E-state index in [1.54, 1.807) is 0 Å². The molecule has 3 aromatic heterocycles. The van der Waals surface area contributed by atoms with Gasteiger partial charge in [0, 0.05) is 56.8 Å². The molecule has 1 aliphatic carbocycles. The number of piperazine rings is 1. The van der Waals surface area contributed by atoms with Crippen LogP contribution in [-0.4, -0.2) is 94.5 Å². The molecule has 16 heteroatoms. The normalized spacial score (nSPS) is 19.5. The molecule has 15 nitrogen and oxygen atoms in total. The van der Waals surface area contributed by atoms with Crippen LogP contribution in [0.1, 0.15) is 121 Å². The summed E-state index contributed by atoms with van der Waals surface area (Å²) in [4.78, 5) is 73.2. The third kappa shape index (κ3) is 11.3. The van der Waals surface area contributed by atoms with Crippen LogP contribution in [0.15, 0.2) is 95.4 Å². The Morgan fingerprint density at radius 3 is 2.41 bits per heavy atom. The van der Waals surface area contributed by atoms with Crippen LogP contribution in [-0.2, 0) is 27.3 Å². The second-order valence-electron chi connectivity index (χ2n) is 21.6. The number of pyridine rings is 1. The third-order valence-corrected chi connectivity index (χ3v) is 16.1. The number of rotatable bonds is 13. The van der Waals surface area contributed by atoms with Gasteiger partial charge < -0.3 is 23.7 Å². The number of thiazole rings is 1. The molecule has 3 amide bonds. The quantitative estimate of drug-likeness (QED) is 0.0826. The Balaban J connectivity index is 0.674. The summed E-state index contributed by atoms with van der Waals surface area (Å²) in [5.74, 6) is 0.649. The number of aryl methyl sites for hydroxylation is 1. The van der Waals surface area contributed by atoms with Crippen molar-refractivity contribution < 1.29 is 33.1 Å². The summed E-state index contributed by atoms with van der Waals surface area (Å²) in [6, 6.07) is 30.1. The van der Waals surface area contributed by atoms with Gasteiger partial charge in [0.15, 0.2) is 16.4 Å². The smallest absolute Gasteiger partial charge is 0.358 e. The number of amides is 3. The largest absolute Gasteiger partial charge is 0.490 e. The molecule has 388 valence electrons. The molecule has 0 spiro atoms. The number of nitrogens with zero attached hydrogens (tertiary/aromatic N) is 6. The number of para-hydroxylation sites is 1. The van der Waals surface area contributed by atoms with Crippen molar-refractivity contribution in [3.8, 4) is 16.9 Å². The minimum atomic E-state index is -0.725. The molecule has 3 aliphatic heterocycles. The zero-order chi connectivity index (χ0) is 51.8. The minimum absolute atomic E-state index is 0.155. The average molecular weight is 1030 g/mol. The summed E-state index contributed by atoms with van der Waals surface area (Å²) in [7, 11) is 0. The van der Waals surface area contributed by atoms with Crippen molar-refractivity contribution in [2.45, 2.75) is 110 Å². The first-order valence-corrected chi connectivity index (χ1v) is 27.3. The number of carbonyl (C=O) groups excluding carboxylic acids is 4. The number of piperidine rings is 1. The molecule has 3 fully saturated rings. The van der Waals surface area contributed by atoms with Crippen LogP contribution < -0.4 is 25.2 Å². The summed E-state index contributed by atoms with van der Waals surface area (Å²) >= 11 is 1.45. The van der Waals surface area contributed by atoms with Crippen LogP contribution in [0, 0.1) is 12.8 Å². The third-order valence-electron chi connectivity index (χ3n) is 15.2. The molecule has 1 atom stereocenters. The lowest BCUT2D eigenvalue weighted by Crippen LogP contribution is -2.46. The van der Waals surface area contributed by atoms with Gasteiger partial charge >= 0.3 is 5.97 Å². The fourth-order valence-corrected chi connectivity index (χ4v) is 12.1. The minimum Gasteiger partial charge on any atom is -0.490 e. The van der Waals surface area contributed by atoms with Crippen molar-refractivity contribution in [3.05, 3.63) is 125 Å². The van der Waals surface area contributed by atoms with Crippen LogP contribution in [0.25, 0.3) is 32.4 Å². The number of ether oxygens (including phenoxy) is 2. The van der Waals surface area contributed by atoms with E-state index in [9.17, 15) is 19.2 Å². The fourth-order valence-electron chi connectivity index (χ4n) is 11.2. The highest BCUT2D eigenvalue weighted by Gasteiger charge is 2.31. The van der Waals surface area contributed by atoms with Gasteiger partial charge in [-0.2, -0.15) is 4.98 Å². The maximum Gasteiger partial charge on any atom is 0.358 e. The van der Waals surface area contributed by atoms with Crippen molar-refractivity contribution in [2.24, 2.45) is 5.92 Å². The van der Waals surface area contributed by atoms with Gasteiger partial charge in [-0.1, -0.05) is 47.7 Å². The Morgan fingerprint density at radius 1 is 0.813 bits per heavy atom. The first kappa shape index (κ1) is 50.0. The Bertz CT molecular complexity index is 3260. The molecule has 1 saturated carbocycles. The molecule has 6 heterocycles. The van der Waals surface area contributed by atoms with E-state index in [0.717, 1.165) is 114 Å². The van der Waals surface area contributed by atoms with Gasteiger partial charge in [0.25, 0.3) is 11.9 Å². The van der Waals surface area contributed by atoms with Gasteiger partial charge in [0.05, 0.1) is 22.2 Å². The summed E-state index contributed by atoms with van der Waals surface area (Å²) < 4.78 is 19.7. The van der Waals surface area contributed by atoms with Gasteiger partial charge in [0.1, 0.15) is 22.7 Å². The molecule has 4 aliphatic rings. The molecule has 2 N–H and O–H groups in total. The number of imide groups is 1. The monoisotopic (exact) mass is 1030 g/mol.